The van der Waals surface area contributed by atoms with E-state index in [9.17, 15) is 13.2 Å². The lowest BCUT2D eigenvalue weighted by molar-refractivity contribution is -0.149. The molecule has 1 atom stereocenters. The number of sulfonamides is 1. The van der Waals surface area contributed by atoms with Crippen molar-refractivity contribution in [1.29, 1.82) is 0 Å². The lowest BCUT2D eigenvalue weighted by Gasteiger charge is -2.30. The molecule has 0 amide bonds. The molecule has 1 aliphatic rings. The van der Waals surface area contributed by atoms with Crippen LogP contribution >= 0.6 is 0 Å². The predicted molar refractivity (Wildman–Crippen MR) is 110 cm³/mol. The van der Waals surface area contributed by atoms with Crippen LogP contribution in [0, 0.1) is 5.92 Å². The van der Waals surface area contributed by atoms with Crippen LogP contribution < -0.4 is 0 Å². The third-order valence-corrected chi connectivity index (χ3v) is 7.00. The zero-order chi connectivity index (χ0) is 20.4. The number of aromatic amines is 1. The first kappa shape index (κ1) is 19.6. The summed E-state index contributed by atoms with van der Waals surface area (Å²) in [5.41, 5.74) is 2.29. The first-order valence-corrected chi connectivity index (χ1v) is 11.1. The Hall–Kier alpha value is -2.71. The second-order valence-corrected chi connectivity index (χ2v) is 9.02. The van der Waals surface area contributed by atoms with Crippen LogP contribution in [0.2, 0.25) is 0 Å². The number of hydrogen-bond acceptors (Lipinski definition) is 5. The van der Waals surface area contributed by atoms with E-state index in [0.717, 1.165) is 5.56 Å². The Bertz CT molecular complexity index is 1130. The van der Waals surface area contributed by atoms with Gasteiger partial charge in [0.05, 0.1) is 28.5 Å². The highest BCUT2D eigenvalue weighted by atomic mass is 32.2. The first-order valence-electron chi connectivity index (χ1n) is 9.71. The fourth-order valence-electron chi connectivity index (χ4n) is 3.64. The fraction of sp³-hybridized carbons (Fsp3) is 0.333. The number of piperidine rings is 1. The number of carbonyl (C=O) groups excluding carboxylic acids is 1. The molecule has 1 saturated heterocycles. The molecule has 0 radical (unpaired) electrons. The van der Waals surface area contributed by atoms with Crippen LogP contribution in [-0.4, -0.2) is 48.4 Å². The van der Waals surface area contributed by atoms with Crippen LogP contribution in [0.5, 0.6) is 0 Å². The Morgan fingerprint density at radius 1 is 1.24 bits per heavy atom. The van der Waals surface area contributed by atoms with Gasteiger partial charge in [-0.05, 0) is 38.0 Å². The van der Waals surface area contributed by atoms with Gasteiger partial charge in [-0.2, -0.15) is 4.31 Å². The second kappa shape index (κ2) is 7.96. The zero-order valence-corrected chi connectivity index (χ0v) is 17.0. The van der Waals surface area contributed by atoms with Gasteiger partial charge in [0.1, 0.15) is 5.82 Å². The SMILES string of the molecule is CCOC(=O)C1CCCN(S(=O)(=O)c2ccc3nc(-c4ccccc4)[nH]c3c2)C1. The molecule has 0 aliphatic carbocycles. The monoisotopic (exact) mass is 413 g/mol. The second-order valence-electron chi connectivity index (χ2n) is 7.08. The Morgan fingerprint density at radius 3 is 2.79 bits per heavy atom. The summed E-state index contributed by atoms with van der Waals surface area (Å²) in [4.78, 5) is 20.0. The maximum absolute atomic E-state index is 13.2. The van der Waals surface area contributed by atoms with Crippen LogP contribution in [0.1, 0.15) is 19.8 Å². The number of H-pyrrole nitrogens is 1. The Morgan fingerprint density at radius 2 is 2.03 bits per heavy atom. The smallest absolute Gasteiger partial charge is 0.310 e. The number of nitrogens with zero attached hydrogens (tertiary/aromatic N) is 2. The van der Waals surface area contributed by atoms with E-state index in [-0.39, 0.29) is 17.4 Å². The topological polar surface area (TPSA) is 92.4 Å². The van der Waals surface area contributed by atoms with Gasteiger partial charge < -0.3 is 9.72 Å². The first-order chi connectivity index (χ1) is 14.0. The number of ether oxygens (including phenoxy) is 1. The Kier molecular flexibility index (Phi) is 5.38. The van der Waals surface area contributed by atoms with Crippen molar-refractivity contribution in [2.45, 2.75) is 24.7 Å². The van der Waals surface area contributed by atoms with Gasteiger partial charge in [0.15, 0.2) is 0 Å². The normalized spacial score (nSPS) is 18.0. The van der Waals surface area contributed by atoms with Crippen LogP contribution in [0.3, 0.4) is 0 Å². The van der Waals surface area contributed by atoms with Gasteiger partial charge in [-0.1, -0.05) is 30.3 Å². The summed E-state index contributed by atoms with van der Waals surface area (Å²) in [6.07, 6.45) is 1.28. The number of imidazole rings is 1. The minimum Gasteiger partial charge on any atom is -0.466 e. The van der Waals surface area contributed by atoms with Crippen molar-refractivity contribution < 1.29 is 17.9 Å². The third-order valence-electron chi connectivity index (χ3n) is 5.14. The number of aromatic nitrogens is 2. The Labute approximate surface area is 169 Å². The standard InChI is InChI=1S/C21H23N3O4S/c1-2-28-21(25)16-9-6-12-24(14-16)29(26,27)17-10-11-18-19(13-17)23-20(22-18)15-7-4-3-5-8-15/h3-5,7-8,10-11,13,16H,2,6,9,12,14H2,1H3,(H,22,23). The molecule has 0 spiro atoms. The molecule has 1 aromatic heterocycles. The van der Waals surface area contributed by atoms with E-state index in [1.165, 1.54) is 4.31 Å². The maximum atomic E-state index is 13.2. The molecule has 152 valence electrons. The van der Waals surface area contributed by atoms with Crippen molar-refractivity contribution in [2.75, 3.05) is 19.7 Å². The quantitative estimate of drug-likeness (QED) is 0.649. The minimum absolute atomic E-state index is 0.150. The van der Waals surface area contributed by atoms with E-state index >= 15 is 0 Å². The van der Waals surface area contributed by atoms with Crippen molar-refractivity contribution in [3.8, 4) is 11.4 Å². The molecule has 1 unspecified atom stereocenters. The third kappa shape index (κ3) is 3.90. The summed E-state index contributed by atoms with van der Waals surface area (Å²) < 4.78 is 32.8. The van der Waals surface area contributed by atoms with Gasteiger partial charge in [-0.25, -0.2) is 13.4 Å². The van der Waals surface area contributed by atoms with Crippen molar-refractivity contribution >= 4 is 27.0 Å². The molecule has 1 fully saturated rings. The average molecular weight is 413 g/mol. The number of rotatable bonds is 5. The molecule has 1 aliphatic heterocycles. The van der Waals surface area contributed by atoms with E-state index in [4.69, 9.17) is 4.74 Å². The van der Waals surface area contributed by atoms with E-state index in [0.29, 0.717) is 42.9 Å². The summed E-state index contributed by atoms with van der Waals surface area (Å²) in [7, 11) is -3.71. The predicted octanol–water partition coefficient (Wildman–Crippen LogP) is 3.19. The molecular weight excluding hydrogens is 390 g/mol. The number of nitrogens with one attached hydrogen (secondary N) is 1. The molecule has 0 bridgehead atoms. The number of benzene rings is 2. The van der Waals surface area contributed by atoms with Crippen LogP contribution in [0.25, 0.3) is 22.4 Å². The average Bonchev–Trinajstić information content (AvgIpc) is 3.18. The maximum Gasteiger partial charge on any atom is 0.310 e. The van der Waals surface area contributed by atoms with Gasteiger partial charge in [0.25, 0.3) is 0 Å². The highest BCUT2D eigenvalue weighted by Crippen LogP contribution is 2.27. The number of hydrogen-bond donors (Lipinski definition) is 1. The number of carbonyl (C=O) groups is 1. The van der Waals surface area contributed by atoms with E-state index in [1.807, 2.05) is 30.3 Å². The molecule has 3 aromatic rings. The van der Waals surface area contributed by atoms with Crippen molar-refractivity contribution in [2.24, 2.45) is 5.92 Å². The van der Waals surface area contributed by atoms with Gasteiger partial charge in [-0.3, -0.25) is 4.79 Å². The lowest BCUT2D eigenvalue weighted by atomic mass is 10.0. The highest BCUT2D eigenvalue weighted by molar-refractivity contribution is 7.89. The lowest BCUT2D eigenvalue weighted by Crippen LogP contribution is -2.42. The number of fused-ring (bicyclic) bond motifs is 1. The summed E-state index contributed by atoms with van der Waals surface area (Å²) in [5, 5.41) is 0. The highest BCUT2D eigenvalue weighted by Gasteiger charge is 2.34. The summed E-state index contributed by atoms with van der Waals surface area (Å²) >= 11 is 0. The van der Waals surface area contributed by atoms with Gasteiger partial charge >= 0.3 is 5.97 Å². The molecule has 8 heteroatoms. The molecule has 2 heterocycles. The molecule has 29 heavy (non-hydrogen) atoms. The van der Waals surface area contributed by atoms with Gasteiger partial charge in [0, 0.05) is 18.7 Å². The van der Waals surface area contributed by atoms with Gasteiger partial charge in [-0.15, -0.1) is 0 Å². The van der Waals surface area contributed by atoms with Crippen molar-refractivity contribution in [1.82, 2.24) is 14.3 Å². The largest absolute Gasteiger partial charge is 0.466 e. The summed E-state index contributed by atoms with van der Waals surface area (Å²) in [5.74, 6) is -0.0570. The Balaban J connectivity index is 1.62. The molecule has 2 aromatic carbocycles. The minimum atomic E-state index is -3.71. The van der Waals surface area contributed by atoms with E-state index in [1.54, 1.807) is 25.1 Å². The van der Waals surface area contributed by atoms with Crippen molar-refractivity contribution in [3.63, 3.8) is 0 Å². The van der Waals surface area contributed by atoms with E-state index < -0.39 is 15.9 Å². The summed E-state index contributed by atoms with van der Waals surface area (Å²) in [6, 6.07) is 14.6. The van der Waals surface area contributed by atoms with Crippen molar-refractivity contribution in [3.05, 3.63) is 48.5 Å². The zero-order valence-electron chi connectivity index (χ0n) is 16.2. The van der Waals surface area contributed by atoms with Gasteiger partial charge in [0.2, 0.25) is 10.0 Å². The van der Waals surface area contributed by atoms with E-state index in [2.05, 4.69) is 9.97 Å². The molecule has 0 saturated carbocycles. The molecule has 7 nitrogen and oxygen atoms in total. The van der Waals surface area contributed by atoms with Crippen LogP contribution in [-0.2, 0) is 19.6 Å². The van der Waals surface area contributed by atoms with Crippen LogP contribution in [0.4, 0.5) is 0 Å². The molecule has 4 rings (SSSR count). The van der Waals surface area contributed by atoms with Crippen LogP contribution in [0.15, 0.2) is 53.4 Å². The number of esters is 1. The molecular formula is C21H23N3O4S. The summed E-state index contributed by atoms with van der Waals surface area (Å²) in [6.45, 7) is 2.59. The molecule has 1 N–H and O–H groups in total. The fourth-order valence-corrected chi connectivity index (χ4v) is 5.19.